The van der Waals surface area contributed by atoms with Crippen LogP contribution < -0.4 is 0 Å². The summed E-state index contributed by atoms with van der Waals surface area (Å²) in [6.07, 6.45) is 2.96. The van der Waals surface area contributed by atoms with Crippen LogP contribution in [0.3, 0.4) is 0 Å². The van der Waals surface area contributed by atoms with Gasteiger partial charge in [0.2, 0.25) is 0 Å². The van der Waals surface area contributed by atoms with Gasteiger partial charge in [0.15, 0.2) is 0 Å². The summed E-state index contributed by atoms with van der Waals surface area (Å²) >= 11 is 3.54. The second-order valence-electron chi connectivity index (χ2n) is 5.03. The molecule has 0 amide bonds. The fraction of sp³-hybridized carbons (Fsp3) is 0.312. The molecular weight excluding hydrogens is 288 g/mol. The van der Waals surface area contributed by atoms with Crippen LogP contribution in [0.5, 0.6) is 0 Å². The SMILES string of the molecule is O=C(C(Br)Cc1ccc2ccccc2c1)C1CC1. The lowest BCUT2D eigenvalue weighted by atomic mass is 10.0. The van der Waals surface area contributed by atoms with Crippen LogP contribution in [0.2, 0.25) is 0 Å². The van der Waals surface area contributed by atoms with Crippen LogP contribution in [0, 0.1) is 5.92 Å². The van der Waals surface area contributed by atoms with E-state index >= 15 is 0 Å². The molecule has 1 saturated carbocycles. The number of benzene rings is 2. The van der Waals surface area contributed by atoms with Crippen molar-refractivity contribution < 1.29 is 4.79 Å². The standard InChI is InChI=1S/C16H15BrO/c17-15(16(18)13-7-8-13)10-11-5-6-12-3-1-2-4-14(12)9-11/h1-6,9,13,15H,7-8,10H2. The van der Waals surface area contributed by atoms with Gasteiger partial charge in [-0.1, -0.05) is 58.4 Å². The lowest BCUT2D eigenvalue weighted by Crippen LogP contribution is -2.18. The Morgan fingerprint density at radius 3 is 2.61 bits per heavy atom. The van der Waals surface area contributed by atoms with Gasteiger partial charge in [-0.15, -0.1) is 0 Å². The zero-order valence-corrected chi connectivity index (χ0v) is 11.7. The lowest BCUT2D eigenvalue weighted by molar-refractivity contribution is -0.119. The van der Waals surface area contributed by atoms with Crippen LogP contribution in [0.1, 0.15) is 18.4 Å². The van der Waals surface area contributed by atoms with Crippen LogP contribution in [0.25, 0.3) is 10.8 Å². The topological polar surface area (TPSA) is 17.1 Å². The molecule has 2 aromatic rings. The molecule has 1 unspecified atom stereocenters. The Hall–Kier alpha value is -1.15. The van der Waals surface area contributed by atoms with Crippen molar-refractivity contribution in [3.05, 3.63) is 48.0 Å². The first kappa shape index (κ1) is 11.9. The smallest absolute Gasteiger partial charge is 0.149 e. The average Bonchev–Trinajstić information content (AvgIpc) is 3.22. The Morgan fingerprint density at radius 1 is 1.17 bits per heavy atom. The van der Waals surface area contributed by atoms with E-state index in [1.54, 1.807) is 0 Å². The summed E-state index contributed by atoms with van der Waals surface area (Å²) in [6.45, 7) is 0. The number of carbonyl (C=O) groups is 1. The summed E-state index contributed by atoms with van der Waals surface area (Å²) in [6, 6.07) is 14.8. The number of alkyl halides is 1. The molecule has 1 nitrogen and oxygen atoms in total. The van der Waals surface area contributed by atoms with E-state index in [0.29, 0.717) is 11.7 Å². The summed E-state index contributed by atoms with van der Waals surface area (Å²) in [5.74, 6) is 0.706. The molecule has 0 radical (unpaired) electrons. The first-order valence-corrected chi connectivity index (χ1v) is 7.31. The van der Waals surface area contributed by atoms with Crippen LogP contribution in [-0.2, 0) is 11.2 Å². The third-order valence-electron chi connectivity index (χ3n) is 3.52. The van der Waals surface area contributed by atoms with Crippen LogP contribution in [0.15, 0.2) is 42.5 Å². The van der Waals surface area contributed by atoms with Crippen molar-refractivity contribution in [1.29, 1.82) is 0 Å². The molecule has 0 heterocycles. The van der Waals surface area contributed by atoms with Gasteiger partial charge in [-0.2, -0.15) is 0 Å². The molecular formula is C16H15BrO. The molecule has 0 aromatic heterocycles. The first-order valence-electron chi connectivity index (χ1n) is 6.39. The highest BCUT2D eigenvalue weighted by atomic mass is 79.9. The molecule has 0 spiro atoms. The normalized spacial score (nSPS) is 16.7. The summed E-state index contributed by atoms with van der Waals surface area (Å²) < 4.78 is 0. The van der Waals surface area contributed by atoms with Gasteiger partial charge >= 0.3 is 0 Å². The number of carbonyl (C=O) groups excluding carboxylic acids is 1. The number of hydrogen-bond acceptors (Lipinski definition) is 1. The average molecular weight is 303 g/mol. The minimum Gasteiger partial charge on any atom is -0.298 e. The fourth-order valence-electron chi connectivity index (χ4n) is 2.30. The molecule has 1 aliphatic carbocycles. The van der Waals surface area contributed by atoms with Gasteiger partial charge in [0.1, 0.15) is 5.78 Å². The van der Waals surface area contributed by atoms with E-state index in [9.17, 15) is 4.79 Å². The number of fused-ring (bicyclic) bond motifs is 1. The molecule has 1 atom stereocenters. The van der Waals surface area contributed by atoms with E-state index in [0.717, 1.165) is 19.3 Å². The molecule has 18 heavy (non-hydrogen) atoms. The highest BCUT2D eigenvalue weighted by Crippen LogP contribution is 2.33. The van der Waals surface area contributed by atoms with Gasteiger partial charge in [-0.05, 0) is 35.6 Å². The Labute approximate surface area is 115 Å². The molecule has 2 heteroatoms. The van der Waals surface area contributed by atoms with Crippen molar-refractivity contribution >= 4 is 32.5 Å². The lowest BCUT2D eigenvalue weighted by Gasteiger charge is -2.09. The van der Waals surface area contributed by atoms with Gasteiger partial charge < -0.3 is 0 Å². The molecule has 1 aliphatic rings. The molecule has 3 rings (SSSR count). The molecule has 0 N–H and O–H groups in total. The molecule has 1 fully saturated rings. The third-order valence-corrected chi connectivity index (χ3v) is 4.29. The van der Waals surface area contributed by atoms with Gasteiger partial charge in [0.05, 0.1) is 4.83 Å². The minimum absolute atomic E-state index is 0.0221. The Bertz CT molecular complexity index is 586. The Morgan fingerprint density at radius 2 is 1.89 bits per heavy atom. The maximum Gasteiger partial charge on any atom is 0.149 e. The summed E-state index contributed by atoms with van der Waals surface area (Å²) in [5, 5.41) is 2.49. The van der Waals surface area contributed by atoms with Crippen LogP contribution in [-0.4, -0.2) is 10.6 Å². The number of Topliss-reactive ketones (excluding diaryl/α,β-unsaturated/α-hetero) is 1. The summed E-state index contributed by atoms with van der Waals surface area (Å²) in [7, 11) is 0. The van der Waals surface area contributed by atoms with E-state index in [4.69, 9.17) is 0 Å². The van der Waals surface area contributed by atoms with Crippen molar-refractivity contribution in [2.24, 2.45) is 5.92 Å². The van der Waals surface area contributed by atoms with Gasteiger partial charge in [-0.25, -0.2) is 0 Å². The minimum atomic E-state index is -0.0221. The zero-order valence-electron chi connectivity index (χ0n) is 10.1. The van der Waals surface area contributed by atoms with E-state index in [2.05, 4.69) is 46.3 Å². The van der Waals surface area contributed by atoms with Gasteiger partial charge in [-0.3, -0.25) is 4.79 Å². The van der Waals surface area contributed by atoms with E-state index in [1.807, 2.05) is 12.1 Å². The van der Waals surface area contributed by atoms with Gasteiger partial charge in [0, 0.05) is 5.92 Å². The number of hydrogen-bond donors (Lipinski definition) is 0. The van der Waals surface area contributed by atoms with Crippen molar-refractivity contribution in [3.8, 4) is 0 Å². The molecule has 0 aliphatic heterocycles. The predicted octanol–water partition coefficient (Wildman–Crippen LogP) is 4.12. The monoisotopic (exact) mass is 302 g/mol. The maximum atomic E-state index is 11.9. The highest BCUT2D eigenvalue weighted by molar-refractivity contribution is 9.10. The molecule has 0 bridgehead atoms. The van der Waals surface area contributed by atoms with Crippen LogP contribution in [0.4, 0.5) is 0 Å². The molecule has 0 saturated heterocycles. The highest BCUT2D eigenvalue weighted by Gasteiger charge is 2.33. The van der Waals surface area contributed by atoms with Crippen molar-refractivity contribution in [2.75, 3.05) is 0 Å². The van der Waals surface area contributed by atoms with Gasteiger partial charge in [0.25, 0.3) is 0 Å². The van der Waals surface area contributed by atoms with E-state index < -0.39 is 0 Å². The molecule has 92 valence electrons. The quantitative estimate of drug-likeness (QED) is 0.776. The number of rotatable bonds is 4. The Kier molecular flexibility index (Phi) is 3.21. The summed E-state index contributed by atoms with van der Waals surface area (Å²) in [5.41, 5.74) is 1.23. The maximum absolute atomic E-state index is 11.9. The van der Waals surface area contributed by atoms with Crippen molar-refractivity contribution in [3.63, 3.8) is 0 Å². The number of ketones is 1. The predicted molar refractivity (Wildman–Crippen MR) is 78.1 cm³/mol. The third kappa shape index (κ3) is 2.49. The fourth-order valence-corrected chi connectivity index (χ4v) is 3.04. The summed E-state index contributed by atoms with van der Waals surface area (Å²) in [4.78, 5) is 11.9. The molecule has 2 aromatic carbocycles. The second kappa shape index (κ2) is 4.85. The Balaban J connectivity index is 1.79. The largest absolute Gasteiger partial charge is 0.298 e. The van der Waals surface area contributed by atoms with E-state index in [1.165, 1.54) is 16.3 Å². The first-order chi connectivity index (χ1) is 8.74. The number of halogens is 1. The second-order valence-corrected chi connectivity index (χ2v) is 6.14. The van der Waals surface area contributed by atoms with Crippen LogP contribution >= 0.6 is 15.9 Å². The van der Waals surface area contributed by atoms with Crippen molar-refractivity contribution in [2.45, 2.75) is 24.1 Å². The van der Waals surface area contributed by atoms with E-state index in [-0.39, 0.29) is 4.83 Å². The zero-order chi connectivity index (χ0) is 12.5. The van der Waals surface area contributed by atoms with Crippen molar-refractivity contribution in [1.82, 2.24) is 0 Å².